The first-order valence-corrected chi connectivity index (χ1v) is 7.95. The van der Waals surface area contributed by atoms with Gasteiger partial charge >= 0.3 is 0 Å². The summed E-state index contributed by atoms with van der Waals surface area (Å²) in [6, 6.07) is 11.5. The van der Waals surface area contributed by atoms with Gasteiger partial charge in [-0.15, -0.1) is 11.3 Å². The first-order valence-electron chi connectivity index (χ1n) is 7.07. The van der Waals surface area contributed by atoms with Gasteiger partial charge in [-0.2, -0.15) is 0 Å². The lowest BCUT2D eigenvalue weighted by molar-refractivity contribution is 0.0990. The van der Waals surface area contributed by atoms with E-state index in [4.69, 9.17) is 0 Å². The molecule has 1 aliphatic rings. The van der Waals surface area contributed by atoms with Gasteiger partial charge in [-0.3, -0.25) is 9.69 Å². The maximum absolute atomic E-state index is 12.7. The standard InChI is InChI=1S/C16H14N4OS/c1-19-8-9-20(16(21)13-7-4-10-22-13)15-14(19)17-11-5-2-3-6-12(11)18-15/h2-7,10H,8-9H2,1H3. The van der Waals surface area contributed by atoms with Gasteiger partial charge in [0.15, 0.2) is 11.6 Å². The number of fused-ring (bicyclic) bond motifs is 2. The van der Waals surface area contributed by atoms with Crippen molar-refractivity contribution in [1.82, 2.24) is 9.97 Å². The molecule has 0 N–H and O–H groups in total. The highest BCUT2D eigenvalue weighted by Gasteiger charge is 2.29. The van der Waals surface area contributed by atoms with Crippen molar-refractivity contribution in [3.63, 3.8) is 0 Å². The molecule has 0 aliphatic carbocycles. The molecule has 4 rings (SSSR count). The van der Waals surface area contributed by atoms with Gasteiger partial charge in [0.25, 0.3) is 5.91 Å². The number of benzene rings is 1. The van der Waals surface area contributed by atoms with E-state index >= 15 is 0 Å². The van der Waals surface area contributed by atoms with Crippen molar-refractivity contribution in [2.75, 3.05) is 29.9 Å². The predicted molar refractivity (Wildman–Crippen MR) is 88.8 cm³/mol. The minimum Gasteiger partial charge on any atom is -0.355 e. The van der Waals surface area contributed by atoms with E-state index in [1.807, 2.05) is 53.7 Å². The number of thiophene rings is 1. The van der Waals surface area contributed by atoms with Crippen LogP contribution in [0.15, 0.2) is 41.8 Å². The number of nitrogens with zero attached hydrogens (tertiary/aromatic N) is 4. The Morgan fingerprint density at radius 1 is 1.05 bits per heavy atom. The summed E-state index contributed by atoms with van der Waals surface area (Å²) in [7, 11) is 1.98. The molecule has 0 unspecified atom stereocenters. The van der Waals surface area contributed by atoms with Gasteiger partial charge in [0.05, 0.1) is 15.9 Å². The number of carbonyl (C=O) groups excluding carboxylic acids is 1. The second-order valence-electron chi connectivity index (χ2n) is 5.22. The van der Waals surface area contributed by atoms with Crippen LogP contribution in [0.1, 0.15) is 9.67 Å². The molecule has 2 aromatic heterocycles. The van der Waals surface area contributed by atoms with E-state index in [2.05, 4.69) is 9.97 Å². The Bertz CT molecular complexity index is 846. The number of anilines is 2. The largest absolute Gasteiger partial charge is 0.355 e. The Morgan fingerprint density at radius 2 is 1.77 bits per heavy atom. The lowest BCUT2D eigenvalue weighted by atomic mass is 10.2. The SMILES string of the molecule is CN1CCN(C(=O)c2cccs2)c2nc3ccccc3nc21. The molecule has 0 radical (unpaired) electrons. The summed E-state index contributed by atoms with van der Waals surface area (Å²) >= 11 is 1.45. The molecule has 0 saturated carbocycles. The lowest BCUT2D eigenvalue weighted by Gasteiger charge is -2.33. The van der Waals surface area contributed by atoms with Gasteiger partial charge in [0, 0.05) is 20.1 Å². The van der Waals surface area contributed by atoms with Crippen LogP contribution in [0.25, 0.3) is 11.0 Å². The third kappa shape index (κ3) is 2.03. The monoisotopic (exact) mass is 310 g/mol. The minimum atomic E-state index is -0.00562. The fraction of sp³-hybridized carbons (Fsp3) is 0.188. The van der Waals surface area contributed by atoms with Crippen molar-refractivity contribution in [2.24, 2.45) is 0 Å². The number of hydrogen-bond acceptors (Lipinski definition) is 5. The van der Waals surface area contributed by atoms with Crippen LogP contribution in [0.3, 0.4) is 0 Å². The molecule has 1 aromatic carbocycles. The third-order valence-electron chi connectivity index (χ3n) is 3.79. The van der Waals surface area contributed by atoms with Crippen molar-refractivity contribution in [3.05, 3.63) is 46.7 Å². The van der Waals surface area contributed by atoms with Crippen molar-refractivity contribution < 1.29 is 4.79 Å². The molecule has 3 aromatic rings. The minimum absolute atomic E-state index is 0.00562. The maximum atomic E-state index is 12.7. The summed E-state index contributed by atoms with van der Waals surface area (Å²) in [5.74, 6) is 1.40. The van der Waals surface area contributed by atoms with Gasteiger partial charge < -0.3 is 4.90 Å². The number of hydrogen-bond donors (Lipinski definition) is 0. The van der Waals surface area contributed by atoms with Crippen molar-refractivity contribution in [3.8, 4) is 0 Å². The van der Waals surface area contributed by atoms with E-state index in [0.717, 1.165) is 28.3 Å². The highest BCUT2D eigenvalue weighted by Crippen LogP contribution is 2.31. The van der Waals surface area contributed by atoms with Gasteiger partial charge in [-0.1, -0.05) is 18.2 Å². The molecule has 110 valence electrons. The zero-order valence-corrected chi connectivity index (χ0v) is 12.9. The number of rotatable bonds is 1. The molecule has 0 saturated heterocycles. The summed E-state index contributed by atoms with van der Waals surface area (Å²) in [5.41, 5.74) is 1.65. The summed E-state index contributed by atoms with van der Waals surface area (Å²) in [4.78, 5) is 26.6. The van der Waals surface area contributed by atoms with Gasteiger partial charge in [0.1, 0.15) is 0 Å². The molecule has 0 spiro atoms. The first-order chi connectivity index (χ1) is 10.7. The van der Waals surface area contributed by atoms with E-state index in [1.165, 1.54) is 11.3 Å². The Labute approximate surface area is 131 Å². The zero-order valence-electron chi connectivity index (χ0n) is 12.1. The average Bonchev–Trinajstić information content (AvgIpc) is 3.08. The number of likely N-dealkylation sites (N-methyl/N-ethyl adjacent to an activating group) is 1. The van der Waals surface area contributed by atoms with Crippen LogP contribution in [0.5, 0.6) is 0 Å². The van der Waals surface area contributed by atoms with Gasteiger partial charge in [0.2, 0.25) is 0 Å². The molecular weight excluding hydrogens is 296 g/mol. The van der Waals surface area contributed by atoms with E-state index in [1.54, 1.807) is 4.90 Å². The molecule has 0 bridgehead atoms. The molecule has 1 amide bonds. The van der Waals surface area contributed by atoms with Crippen molar-refractivity contribution in [1.29, 1.82) is 0 Å². The van der Waals surface area contributed by atoms with Crippen LogP contribution in [-0.4, -0.2) is 36.0 Å². The summed E-state index contributed by atoms with van der Waals surface area (Å²) < 4.78 is 0. The second kappa shape index (κ2) is 5.06. The van der Waals surface area contributed by atoms with E-state index < -0.39 is 0 Å². The quantitative estimate of drug-likeness (QED) is 0.693. The Kier molecular flexibility index (Phi) is 3.04. The zero-order chi connectivity index (χ0) is 15.1. The van der Waals surface area contributed by atoms with E-state index in [-0.39, 0.29) is 5.91 Å². The highest BCUT2D eigenvalue weighted by atomic mass is 32.1. The molecular formula is C16H14N4OS. The number of amides is 1. The van der Waals surface area contributed by atoms with E-state index in [9.17, 15) is 4.79 Å². The highest BCUT2D eigenvalue weighted by molar-refractivity contribution is 7.12. The number of aromatic nitrogens is 2. The fourth-order valence-corrected chi connectivity index (χ4v) is 3.28. The lowest BCUT2D eigenvalue weighted by Crippen LogP contribution is -2.43. The van der Waals surface area contributed by atoms with Crippen LogP contribution in [0.2, 0.25) is 0 Å². The third-order valence-corrected chi connectivity index (χ3v) is 4.65. The number of carbonyl (C=O) groups is 1. The Hall–Kier alpha value is -2.47. The Balaban J connectivity index is 1.86. The smallest absolute Gasteiger partial charge is 0.269 e. The second-order valence-corrected chi connectivity index (χ2v) is 6.16. The molecule has 22 heavy (non-hydrogen) atoms. The van der Waals surface area contributed by atoms with Crippen LogP contribution in [-0.2, 0) is 0 Å². The topological polar surface area (TPSA) is 49.3 Å². The maximum Gasteiger partial charge on any atom is 0.269 e. The first kappa shape index (κ1) is 13.2. The Morgan fingerprint density at radius 3 is 2.45 bits per heavy atom. The van der Waals surface area contributed by atoms with Crippen LogP contribution in [0.4, 0.5) is 11.6 Å². The molecule has 0 fully saturated rings. The molecule has 0 atom stereocenters. The predicted octanol–water partition coefficient (Wildman–Crippen LogP) is 2.79. The summed E-state index contributed by atoms with van der Waals surface area (Å²) in [6.45, 7) is 1.37. The van der Waals surface area contributed by atoms with Crippen molar-refractivity contribution in [2.45, 2.75) is 0 Å². The normalized spacial score (nSPS) is 14.2. The van der Waals surface area contributed by atoms with Crippen LogP contribution >= 0.6 is 11.3 Å². The molecule has 1 aliphatic heterocycles. The summed E-state index contributed by atoms with van der Waals surface area (Å²) in [6.07, 6.45) is 0. The number of para-hydroxylation sites is 2. The average molecular weight is 310 g/mol. The molecule has 5 nitrogen and oxygen atoms in total. The van der Waals surface area contributed by atoms with Gasteiger partial charge in [-0.05, 0) is 23.6 Å². The summed E-state index contributed by atoms with van der Waals surface area (Å²) in [5, 5.41) is 1.91. The fourth-order valence-electron chi connectivity index (χ4n) is 2.61. The van der Waals surface area contributed by atoms with Crippen LogP contribution < -0.4 is 9.80 Å². The van der Waals surface area contributed by atoms with Crippen LogP contribution in [0, 0.1) is 0 Å². The molecule has 6 heteroatoms. The van der Waals surface area contributed by atoms with Crippen molar-refractivity contribution >= 4 is 39.9 Å². The van der Waals surface area contributed by atoms with E-state index in [0.29, 0.717) is 12.4 Å². The van der Waals surface area contributed by atoms with Gasteiger partial charge in [-0.25, -0.2) is 9.97 Å². The molecule has 3 heterocycles.